The quantitative estimate of drug-likeness (QED) is 0.326. The molecule has 9 heteroatoms. The highest BCUT2D eigenvalue weighted by Crippen LogP contribution is 2.30. The van der Waals surface area contributed by atoms with Gasteiger partial charge in [0, 0.05) is 11.3 Å². The van der Waals surface area contributed by atoms with Crippen LogP contribution in [0, 0.1) is 4.77 Å². The van der Waals surface area contributed by atoms with Crippen molar-refractivity contribution in [1.29, 1.82) is 0 Å². The molecule has 1 aliphatic carbocycles. The van der Waals surface area contributed by atoms with Gasteiger partial charge in [0.1, 0.15) is 12.3 Å². The Bertz CT molecular complexity index is 1320. The third kappa shape index (κ3) is 3.94. The van der Waals surface area contributed by atoms with E-state index in [2.05, 4.69) is 25.5 Å². The monoisotopic (exact) mass is 446 g/mol. The molecule has 2 aromatic heterocycles. The molecule has 2 aromatic carbocycles. The number of nitrogens with zero attached hydrogens (tertiary/aromatic N) is 4. The molecule has 0 unspecified atom stereocenters. The molecule has 0 amide bonds. The van der Waals surface area contributed by atoms with E-state index in [9.17, 15) is 0 Å². The van der Waals surface area contributed by atoms with Crippen molar-refractivity contribution in [3.8, 4) is 23.0 Å². The van der Waals surface area contributed by atoms with Crippen LogP contribution in [0.2, 0.25) is 0 Å². The maximum atomic E-state index is 5.93. The number of aromatic amines is 2. The molecule has 8 nitrogen and oxygen atoms in total. The van der Waals surface area contributed by atoms with Gasteiger partial charge in [0.2, 0.25) is 10.6 Å². The van der Waals surface area contributed by atoms with E-state index in [1.165, 1.54) is 11.3 Å². The van der Waals surface area contributed by atoms with Crippen molar-refractivity contribution in [1.82, 2.24) is 25.1 Å². The average molecular weight is 447 g/mol. The zero-order chi connectivity index (χ0) is 21.9. The molecule has 0 atom stereocenters. The van der Waals surface area contributed by atoms with E-state index in [0.717, 1.165) is 36.1 Å². The van der Waals surface area contributed by atoms with Crippen LogP contribution in [0.15, 0.2) is 53.6 Å². The smallest absolute Gasteiger partial charge is 0.216 e. The Morgan fingerprint density at radius 2 is 1.97 bits per heavy atom. The summed E-state index contributed by atoms with van der Waals surface area (Å²) >= 11 is 5.39. The number of ether oxygens (including phenoxy) is 2. The highest BCUT2D eigenvalue weighted by atomic mass is 32.1. The van der Waals surface area contributed by atoms with Gasteiger partial charge in [-0.2, -0.15) is 20.0 Å². The molecule has 5 rings (SSSR count). The largest absolute Gasteiger partial charge is 0.493 e. The first-order chi connectivity index (χ1) is 15.7. The lowest BCUT2D eigenvalue weighted by molar-refractivity contribution is 0.284. The van der Waals surface area contributed by atoms with Crippen LogP contribution in [0.25, 0.3) is 11.5 Å². The molecule has 0 saturated carbocycles. The Morgan fingerprint density at radius 3 is 2.81 bits per heavy atom. The van der Waals surface area contributed by atoms with Gasteiger partial charge in [-0.05, 0) is 60.8 Å². The lowest BCUT2D eigenvalue weighted by Crippen LogP contribution is -1.99. The molecular weight excluding hydrogens is 424 g/mol. The molecule has 0 radical (unpaired) electrons. The Balaban J connectivity index is 1.38. The molecule has 162 valence electrons. The van der Waals surface area contributed by atoms with E-state index in [-0.39, 0.29) is 0 Å². The van der Waals surface area contributed by atoms with Crippen molar-refractivity contribution in [2.24, 2.45) is 5.10 Å². The first-order valence-corrected chi connectivity index (χ1v) is 10.8. The normalized spacial score (nSPS) is 12.9. The van der Waals surface area contributed by atoms with Crippen molar-refractivity contribution in [3.05, 3.63) is 75.7 Å². The van der Waals surface area contributed by atoms with Crippen molar-refractivity contribution in [3.63, 3.8) is 0 Å². The number of fused-ring (bicyclic) bond motifs is 1. The minimum atomic E-state index is 0.403. The second-order valence-electron chi connectivity index (χ2n) is 7.48. The predicted molar refractivity (Wildman–Crippen MR) is 124 cm³/mol. The van der Waals surface area contributed by atoms with Crippen LogP contribution < -0.4 is 9.47 Å². The average Bonchev–Trinajstić information content (AvgIpc) is 3.53. The first kappa shape index (κ1) is 20.2. The maximum absolute atomic E-state index is 5.93. The van der Waals surface area contributed by atoms with Gasteiger partial charge in [-0.3, -0.25) is 5.10 Å². The molecule has 0 fully saturated rings. The number of nitrogens with one attached hydrogen (secondary N) is 2. The minimum absolute atomic E-state index is 0.403. The summed E-state index contributed by atoms with van der Waals surface area (Å²) in [6, 6.07) is 15.7. The van der Waals surface area contributed by atoms with Gasteiger partial charge >= 0.3 is 0 Å². The second kappa shape index (κ2) is 8.80. The summed E-state index contributed by atoms with van der Waals surface area (Å²) in [5, 5.41) is 19.3. The first-order valence-electron chi connectivity index (χ1n) is 10.4. The summed E-state index contributed by atoms with van der Waals surface area (Å²) in [5.74, 6) is 1.90. The molecule has 0 aliphatic heterocycles. The van der Waals surface area contributed by atoms with Gasteiger partial charge in [-0.1, -0.05) is 30.3 Å². The summed E-state index contributed by atoms with van der Waals surface area (Å²) in [6.07, 6.45) is 4.82. The summed E-state index contributed by atoms with van der Waals surface area (Å²) in [6.45, 7) is 0.464. The summed E-state index contributed by atoms with van der Waals surface area (Å²) in [4.78, 5) is 0. The van der Waals surface area contributed by atoms with E-state index in [0.29, 0.717) is 28.7 Å². The fraction of sp³-hybridized carbons (Fsp3) is 0.217. The summed E-state index contributed by atoms with van der Waals surface area (Å²) < 4.78 is 13.4. The fourth-order valence-corrected chi connectivity index (χ4v) is 3.98. The zero-order valence-electron chi connectivity index (χ0n) is 17.5. The molecule has 1 aliphatic rings. The van der Waals surface area contributed by atoms with Crippen molar-refractivity contribution >= 4 is 18.4 Å². The van der Waals surface area contributed by atoms with Gasteiger partial charge in [0.15, 0.2) is 11.5 Å². The highest BCUT2D eigenvalue weighted by Gasteiger charge is 2.23. The van der Waals surface area contributed by atoms with E-state index in [1.807, 2.05) is 48.5 Å². The van der Waals surface area contributed by atoms with Crippen molar-refractivity contribution in [2.75, 3.05) is 7.11 Å². The molecule has 0 bridgehead atoms. The lowest BCUT2D eigenvalue weighted by atomic mass is 10.2. The second-order valence-corrected chi connectivity index (χ2v) is 7.86. The molecular formula is C23H22N6O2S. The number of aromatic nitrogens is 5. The lowest BCUT2D eigenvalue weighted by Gasteiger charge is -2.11. The Hall–Kier alpha value is -3.72. The van der Waals surface area contributed by atoms with E-state index in [4.69, 9.17) is 21.7 Å². The number of aryl methyl sites for hydroxylation is 1. The van der Waals surface area contributed by atoms with Crippen LogP contribution in [0.5, 0.6) is 11.5 Å². The molecule has 4 aromatic rings. The van der Waals surface area contributed by atoms with Crippen LogP contribution in [0.1, 0.15) is 28.8 Å². The van der Waals surface area contributed by atoms with Gasteiger partial charge in [0.05, 0.1) is 13.3 Å². The van der Waals surface area contributed by atoms with Gasteiger partial charge in [-0.15, -0.1) is 0 Å². The Kier molecular flexibility index (Phi) is 5.55. The molecule has 0 spiro atoms. The third-order valence-corrected chi connectivity index (χ3v) is 5.68. The minimum Gasteiger partial charge on any atom is -0.493 e. The highest BCUT2D eigenvalue weighted by molar-refractivity contribution is 7.71. The maximum Gasteiger partial charge on any atom is 0.216 e. The number of hydrogen-bond donors (Lipinski definition) is 2. The van der Waals surface area contributed by atoms with Crippen LogP contribution in [-0.4, -0.2) is 38.4 Å². The fourth-order valence-electron chi connectivity index (χ4n) is 3.80. The van der Waals surface area contributed by atoms with Crippen LogP contribution in [0.3, 0.4) is 0 Å². The van der Waals surface area contributed by atoms with Crippen molar-refractivity contribution < 1.29 is 9.47 Å². The Labute approximate surface area is 189 Å². The molecule has 2 heterocycles. The summed E-state index contributed by atoms with van der Waals surface area (Å²) in [7, 11) is 1.62. The Morgan fingerprint density at radius 1 is 1.09 bits per heavy atom. The number of rotatable bonds is 7. The van der Waals surface area contributed by atoms with Gasteiger partial charge < -0.3 is 9.47 Å². The van der Waals surface area contributed by atoms with Gasteiger partial charge in [-0.25, -0.2) is 5.10 Å². The van der Waals surface area contributed by atoms with Crippen LogP contribution >= 0.6 is 12.2 Å². The summed E-state index contributed by atoms with van der Waals surface area (Å²) in [5.41, 5.74) is 5.09. The zero-order valence-corrected chi connectivity index (χ0v) is 18.4. The number of H-pyrrole nitrogens is 2. The SMILES string of the molecule is COc1cc(C=Nn2c(-c3n[nH]c4c3CCC4)n[nH]c2=S)ccc1OCc1ccccc1. The molecule has 32 heavy (non-hydrogen) atoms. The van der Waals surface area contributed by atoms with Crippen LogP contribution in [-0.2, 0) is 19.4 Å². The predicted octanol–water partition coefficient (Wildman–Crippen LogP) is 4.29. The standard InChI is InChI=1S/C23H22N6O2S/c1-30-20-12-16(10-11-19(20)31-14-15-6-3-2-4-7-15)13-24-29-22(27-28-23(29)32)21-17-8-5-9-18(17)25-26-21/h2-4,6-7,10-13H,5,8-9,14H2,1H3,(H,25,26)(H,28,32). The molecule has 2 N–H and O–H groups in total. The third-order valence-electron chi connectivity index (χ3n) is 5.42. The van der Waals surface area contributed by atoms with Crippen LogP contribution in [0.4, 0.5) is 0 Å². The number of hydrogen-bond acceptors (Lipinski definition) is 6. The number of methoxy groups -OCH3 is 1. The topological polar surface area (TPSA) is 93.1 Å². The van der Waals surface area contributed by atoms with Crippen molar-refractivity contribution in [2.45, 2.75) is 25.9 Å². The number of benzene rings is 2. The van der Waals surface area contributed by atoms with E-state index in [1.54, 1.807) is 18.0 Å². The van der Waals surface area contributed by atoms with Gasteiger partial charge in [0.25, 0.3) is 0 Å². The van der Waals surface area contributed by atoms with E-state index >= 15 is 0 Å². The van der Waals surface area contributed by atoms with E-state index < -0.39 is 0 Å². The molecule has 0 saturated heterocycles.